The Balaban J connectivity index is 2.99. The van der Waals surface area contributed by atoms with Crippen LogP contribution in [0.3, 0.4) is 0 Å². The van der Waals surface area contributed by atoms with Gasteiger partial charge in [-0.25, -0.2) is 0 Å². The second-order valence-electron chi connectivity index (χ2n) is 4.31. The Morgan fingerprint density at radius 3 is 2.59 bits per heavy atom. The van der Waals surface area contributed by atoms with Crippen molar-refractivity contribution in [2.75, 3.05) is 13.6 Å². The van der Waals surface area contributed by atoms with Crippen molar-refractivity contribution in [2.45, 2.75) is 19.8 Å². The Labute approximate surface area is 99.8 Å². The number of carboxylic acids is 1. The zero-order chi connectivity index (χ0) is 13.2. The van der Waals surface area contributed by atoms with E-state index in [0.29, 0.717) is 11.3 Å². The molecule has 1 aromatic heterocycles. The van der Waals surface area contributed by atoms with Crippen LogP contribution in [0, 0.1) is 0 Å². The fourth-order valence-electron chi connectivity index (χ4n) is 1.58. The van der Waals surface area contributed by atoms with Crippen LogP contribution in [0.15, 0.2) is 6.20 Å². The van der Waals surface area contributed by atoms with E-state index < -0.39 is 5.97 Å². The molecule has 0 unspecified atom stereocenters. The standard InChI is InChI=1S/C11H17N3O3/c1-7(2)10-8(5-14(4)12-10)11(17)13(3)6-9(15)16/h5,7H,6H2,1-4H3,(H,15,16). The fourth-order valence-corrected chi connectivity index (χ4v) is 1.58. The quantitative estimate of drug-likeness (QED) is 0.839. The number of amides is 1. The zero-order valence-corrected chi connectivity index (χ0v) is 10.5. The first-order chi connectivity index (χ1) is 7.82. The summed E-state index contributed by atoms with van der Waals surface area (Å²) in [6.45, 7) is 3.57. The lowest BCUT2D eigenvalue weighted by Gasteiger charge is -2.14. The van der Waals surface area contributed by atoms with Crippen molar-refractivity contribution in [3.8, 4) is 0 Å². The molecular weight excluding hydrogens is 222 g/mol. The fraction of sp³-hybridized carbons (Fsp3) is 0.545. The van der Waals surface area contributed by atoms with Gasteiger partial charge in [0.15, 0.2) is 0 Å². The molecule has 0 saturated heterocycles. The lowest BCUT2D eigenvalue weighted by molar-refractivity contribution is -0.137. The van der Waals surface area contributed by atoms with E-state index in [0.717, 1.165) is 0 Å². The van der Waals surface area contributed by atoms with E-state index in [2.05, 4.69) is 5.10 Å². The van der Waals surface area contributed by atoms with Gasteiger partial charge in [0.2, 0.25) is 0 Å². The third-order valence-corrected chi connectivity index (χ3v) is 2.35. The van der Waals surface area contributed by atoms with Crippen LogP contribution in [0.2, 0.25) is 0 Å². The lowest BCUT2D eigenvalue weighted by atomic mass is 10.1. The van der Waals surface area contributed by atoms with Crippen molar-refractivity contribution in [2.24, 2.45) is 7.05 Å². The molecule has 1 N–H and O–H groups in total. The van der Waals surface area contributed by atoms with Crippen molar-refractivity contribution >= 4 is 11.9 Å². The average Bonchev–Trinajstić information content (AvgIpc) is 2.58. The molecule has 0 spiro atoms. The molecule has 0 bridgehead atoms. The number of nitrogens with zero attached hydrogens (tertiary/aromatic N) is 3. The Morgan fingerprint density at radius 1 is 1.53 bits per heavy atom. The number of aliphatic carboxylic acids is 1. The van der Waals surface area contributed by atoms with Crippen LogP contribution in [0.5, 0.6) is 0 Å². The first-order valence-electron chi connectivity index (χ1n) is 5.33. The van der Waals surface area contributed by atoms with Gasteiger partial charge in [0, 0.05) is 20.3 Å². The van der Waals surface area contributed by atoms with Gasteiger partial charge in [-0.1, -0.05) is 13.8 Å². The molecule has 0 aliphatic heterocycles. The van der Waals surface area contributed by atoms with Crippen molar-refractivity contribution in [1.82, 2.24) is 14.7 Å². The Hall–Kier alpha value is -1.85. The molecule has 1 aromatic rings. The van der Waals surface area contributed by atoms with Crippen molar-refractivity contribution in [3.63, 3.8) is 0 Å². The molecule has 0 aromatic carbocycles. The van der Waals surface area contributed by atoms with Crippen LogP contribution >= 0.6 is 0 Å². The van der Waals surface area contributed by atoms with E-state index in [9.17, 15) is 9.59 Å². The van der Waals surface area contributed by atoms with E-state index in [1.165, 1.54) is 11.9 Å². The van der Waals surface area contributed by atoms with E-state index in [-0.39, 0.29) is 18.4 Å². The number of rotatable bonds is 4. The SMILES string of the molecule is CC(C)c1nn(C)cc1C(=O)N(C)CC(=O)O. The van der Waals surface area contributed by atoms with Gasteiger partial charge < -0.3 is 10.0 Å². The Bertz CT molecular complexity index is 437. The second kappa shape index (κ2) is 4.99. The van der Waals surface area contributed by atoms with E-state index >= 15 is 0 Å². The summed E-state index contributed by atoms with van der Waals surface area (Å²) in [6.07, 6.45) is 1.62. The van der Waals surface area contributed by atoms with E-state index in [1.807, 2.05) is 13.8 Å². The van der Waals surface area contributed by atoms with Crippen molar-refractivity contribution < 1.29 is 14.7 Å². The number of hydrogen-bond donors (Lipinski definition) is 1. The summed E-state index contributed by atoms with van der Waals surface area (Å²) in [4.78, 5) is 23.8. The maximum atomic E-state index is 12.0. The number of aromatic nitrogens is 2. The second-order valence-corrected chi connectivity index (χ2v) is 4.31. The third-order valence-electron chi connectivity index (χ3n) is 2.35. The highest BCUT2D eigenvalue weighted by Crippen LogP contribution is 2.18. The number of carbonyl (C=O) groups excluding carboxylic acids is 1. The van der Waals surface area contributed by atoms with E-state index in [4.69, 9.17) is 5.11 Å². The summed E-state index contributed by atoms with van der Waals surface area (Å²) in [7, 11) is 3.20. The van der Waals surface area contributed by atoms with Crippen LogP contribution in [0.25, 0.3) is 0 Å². The van der Waals surface area contributed by atoms with Gasteiger partial charge in [0.05, 0.1) is 11.3 Å². The topological polar surface area (TPSA) is 75.4 Å². The highest BCUT2D eigenvalue weighted by atomic mass is 16.4. The molecule has 0 fully saturated rings. The molecule has 94 valence electrons. The van der Waals surface area contributed by atoms with Crippen LogP contribution in [0.4, 0.5) is 0 Å². The highest BCUT2D eigenvalue weighted by molar-refractivity contribution is 5.96. The van der Waals surface area contributed by atoms with Crippen LogP contribution in [-0.4, -0.2) is 45.3 Å². The number of hydrogen-bond acceptors (Lipinski definition) is 3. The summed E-state index contributed by atoms with van der Waals surface area (Å²) in [5.74, 6) is -1.23. The molecule has 1 rings (SSSR count). The molecule has 0 atom stereocenters. The molecular formula is C11H17N3O3. The number of carboxylic acid groups (broad SMARTS) is 1. The number of aryl methyl sites for hydroxylation is 1. The van der Waals surface area contributed by atoms with Gasteiger partial charge >= 0.3 is 5.97 Å². The van der Waals surface area contributed by atoms with Crippen molar-refractivity contribution in [3.05, 3.63) is 17.5 Å². The first-order valence-corrected chi connectivity index (χ1v) is 5.33. The van der Waals surface area contributed by atoms with Gasteiger partial charge in [-0.05, 0) is 5.92 Å². The minimum absolute atomic E-state index is 0.119. The maximum Gasteiger partial charge on any atom is 0.323 e. The molecule has 1 amide bonds. The third kappa shape index (κ3) is 3.05. The first kappa shape index (κ1) is 13.2. The molecule has 6 nitrogen and oxygen atoms in total. The summed E-state index contributed by atoms with van der Waals surface area (Å²) < 4.78 is 1.57. The number of carbonyl (C=O) groups is 2. The summed E-state index contributed by atoms with van der Waals surface area (Å²) >= 11 is 0. The lowest BCUT2D eigenvalue weighted by Crippen LogP contribution is -2.32. The molecule has 17 heavy (non-hydrogen) atoms. The molecule has 0 saturated carbocycles. The van der Waals surface area contributed by atoms with Gasteiger partial charge in [-0.3, -0.25) is 14.3 Å². The Morgan fingerprint density at radius 2 is 2.12 bits per heavy atom. The molecule has 0 radical (unpaired) electrons. The highest BCUT2D eigenvalue weighted by Gasteiger charge is 2.21. The smallest absolute Gasteiger partial charge is 0.323 e. The van der Waals surface area contributed by atoms with Gasteiger partial charge in [-0.15, -0.1) is 0 Å². The summed E-state index contributed by atoms with van der Waals surface area (Å²) in [5, 5.41) is 12.9. The van der Waals surface area contributed by atoms with Crippen molar-refractivity contribution in [1.29, 1.82) is 0 Å². The van der Waals surface area contributed by atoms with Crippen LogP contribution in [-0.2, 0) is 11.8 Å². The zero-order valence-electron chi connectivity index (χ0n) is 10.5. The molecule has 1 heterocycles. The van der Waals surface area contributed by atoms with Gasteiger partial charge in [0.25, 0.3) is 5.91 Å². The summed E-state index contributed by atoms with van der Waals surface area (Å²) in [5.41, 5.74) is 1.15. The molecule has 0 aliphatic rings. The predicted octanol–water partition coefficient (Wildman–Crippen LogP) is 0.700. The summed E-state index contributed by atoms with van der Waals surface area (Å²) in [6, 6.07) is 0. The number of likely N-dealkylation sites (N-methyl/N-ethyl adjacent to an activating group) is 1. The Kier molecular flexibility index (Phi) is 3.88. The van der Waals surface area contributed by atoms with Gasteiger partial charge in [0.1, 0.15) is 6.54 Å². The minimum Gasteiger partial charge on any atom is -0.480 e. The molecule has 6 heteroatoms. The molecule has 0 aliphatic carbocycles. The predicted molar refractivity (Wildman–Crippen MR) is 61.9 cm³/mol. The normalized spacial score (nSPS) is 10.6. The average molecular weight is 239 g/mol. The van der Waals surface area contributed by atoms with Gasteiger partial charge in [-0.2, -0.15) is 5.10 Å². The van der Waals surface area contributed by atoms with Crippen LogP contribution < -0.4 is 0 Å². The maximum absolute atomic E-state index is 12.0. The van der Waals surface area contributed by atoms with Crippen LogP contribution in [0.1, 0.15) is 35.8 Å². The van der Waals surface area contributed by atoms with E-state index in [1.54, 1.807) is 17.9 Å². The minimum atomic E-state index is -1.03. The largest absolute Gasteiger partial charge is 0.480 e. The monoisotopic (exact) mass is 239 g/mol.